The van der Waals surface area contributed by atoms with Crippen molar-refractivity contribution in [3.8, 4) is 5.75 Å². The molecule has 2 amide bonds. The Labute approximate surface area is 128 Å². The van der Waals surface area contributed by atoms with E-state index in [2.05, 4.69) is 15.8 Å². The van der Waals surface area contributed by atoms with Gasteiger partial charge in [0, 0.05) is 17.8 Å². The van der Waals surface area contributed by atoms with Crippen LogP contribution in [0.25, 0.3) is 6.08 Å². The Morgan fingerprint density at radius 2 is 2.05 bits per heavy atom. The van der Waals surface area contributed by atoms with E-state index in [9.17, 15) is 9.59 Å². The summed E-state index contributed by atoms with van der Waals surface area (Å²) in [6.07, 6.45) is 4.58. The lowest BCUT2D eigenvalue weighted by Crippen LogP contribution is -2.40. The van der Waals surface area contributed by atoms with Crippen molar-refractivity contribution in [2.24, 2.45) is 0 Å². The second kappa shape index (κ2) is 7.12. The van der Waals surface area contributed by atoms with E-state index in [1.54, 1.807) is 31.5 Å². The molecule has 0 spiro atoms. The highest BCUT2D eigenvalue weighted by Gasteiger charge is 2.06. The maximum absolute atomic E-state index is 11.7. The first-order valence-corrected chi connectivity index (χ1v) is 6.66. The minimum Gasteiger partial charge on any atom is -0.496 e. The average molecular weight is 299 g/mol. The highest BCUT2D eigenvalue weighted by molar-refractivity contribution is 5.97. The van der Waals surface area contributed by atoms with Gasteiger partial charge in [-0.1, -0.05) is 11.6 Å². The van der Waals surface area contributed by atoms with Crippen LogP contribution in [0.4, 0.5) is 0 Å². The van der Waals surface area contributed by atoms with E-state index in [1.807, 2.05) is 25.1 Å². The standard InChI is InChI=1S/C16H17N3O3/c1-11-5-7-14(22-2)12(10-11)6-8-15(20)18-19-16(21)13-4-3-9-17-13/h3-10,17H,1-2H3,(H,18,20)(H,19,21)/b8-6+. The molecule has 0 fully saturated rings. The summed E-state index contributed by atoms with van der Waals surface area (Å²) in [5.74, 6) is -0.187. The molecule has 0 aliphatic heterocycles. The van der Waals surface area contributed by atoms with Crippen molar-refractivity contribution in [2.75, 3.05) is 7.11 Å². The van der Waals surface area contributed by atoms with Gasteiger partial charge in [-0.2, -0.15) is 0 Å². The fraction of sp³-hybridized carbons (Fsp3) is 0.125. The Hall–Kier alpha value is -3.02. The first-order chi connectivity index (χ1) is 10.6. The van der Waals surface area contributed by atoms with Crippen LogP contribution in [-0.4, -0.2) is 23.9 Å². The minimum atomic E-state index is -0.441. The number of aryl methyl sites for hydroxylation is 1. The summed E-state index contributed by atoms with van der Waals surface area (Å²) < 4.78 is 5.22. The predicted molar refractivity (Wildman–Crippen MR) is 83.2 cm³/mol. The molecule has 0 saturated heterocycles. The van der Waals surface area contributed by atoms with E-state index in [1.165, 1.54) is 6.08 Å². The van der Waals surface area contributed by atoms with E-state index >= 15 is 0 Å². The number of aromatic nitrogens is 1. The maximum Gasteiger partial charge on any atom is 0.286 e. The van der Waals surface area contributed by atoms with E-state index in [0.717, 1.165) is 11.1 Å². The van der Waals surface area contributed by atoms with Gasteiger partial charge < -0.3 is 9.72 Å². The summed E-state index contributed by atoms with van der Waals surface area (Å²) in [6.45, 7) is 1.95. The molecular formula is C16H17N3O3. The van der Waals surface area contributed by atoms with Gasteiger partial charge in [-0.15, -0.1) is 0 Å². The molecule has 1 aromatic carbocycles. The van der Waals surface area contributed by atoms with Gasteiger partial charge in [0.25, 0.3) is 11.8 Å². The summed E-state index contributed by atoms with van der Waals surface area (Å²) in [5, 5.41) is 0. The van der Waals surface area contributed by atoms with E-state index in [-0.39, 0.29) is 0 Å². The molecule has 1 heterocycles. The van der Waals surface area contributed by atoms with Gasteiger partial charge in [0.2, 0.25) is 0 Å². The number of hydrogen-bond acceptors (Lipinski definition) is 3. The third kappa shape index (κ3) is 3.99. The van der Waals surface area contributed by atoms with Crippen LogP contribution in [0.3, 0.4) is 0 Å². The molecule has 0 aliphatic carbocycles. The number of nitrogens with one attached hydrogen (secondary N) is 3. The van der Waals surface area contributed by atoms with Gasteiger partial charge in [0.05, 0.1) is 7.11 Å². The molecular weight excluding hydrogens is 282 g/mol. The predicted octanol–water partition coefficient (Wildman–Crippen LogP) is 1.81. The fourth-order valence-corrected chi connectivity index (χ4v) is 1.85. The monoisotopic (exact) mass is 299 g/mol. The minimum absolute atomic E-state index is 0.365. The molecule has 6 heteroatoms. The number of carbonyl (C=O) groups is 2. The zero-order chi connectivity index (χ0) is 15.9. The van der Waals surface area contributed by atoms with Gasteiger partial charge in [-0.3, -0.25) is 20.4 Å². The smallest absolute Gasteiger partial charge is 0.286 e. The zero-order valence-corrected chi connectivity index (χ0v) is 12.3. The number of ether oxygens (including phenoxy) is 1. The number of amides is 2. The van der Waals surface area contributed by atoms with Crippen LogP contribution in [0.2, 0.25) is 0 Å². The molecule has 0 aliphatic rings. The number of H-pyrrole nitrogens is 1. The molecule has 3 N–H and O–H groups in total. The summed E-state index contributed by atoms with van der Waals surface area (Å²) in [5.41, 5.74) is 6.82. The number of aromatic amines is 1. The van der Waals surface area contributed by atoms with Crippen molar-refractivity contribution < 1.29 is 14.3 Å². The number of hydrogen-bond donors (Lipinski definition) is 3. The molecule has 0 saturated carbocycles. The third-order valence-corrected chi connectivity index (χ3v) is 2.94. The normalized spacial score (nSPS) is 10.5. The largest absolute Gasteiger partial charge is 0.496 e. The highest BCUT2D eigenvalue weighted by Crippen LogP contribution is 2.20. The Balaban J connectivity index is 1.94. The van der Waals surface area contributed by atoms with Crippen LogP contribution in [0.1, 0.15) is 21.6 Å². The quantitative estimate of drug-likeness (QED) is 0.594. The van der Waals surface area contributed by atoms with Crippen molar-refractivity contribution in [3.05, 3.63) is 59.4 Å². The lowest BCUT2D eigenvalue weighted by Gasteiger charge is -2.06. The lowest BCUT2D eigenvalue weighted by molar-refractivity contribution is -0.117. The van der Waals surface area contributed by atoms with Gasteiger partial charge in [-0.05, 0) is 37.3 Å². The number of hydrazine groups is 1. The highest BCUT2D eigenvalue weighted by atomic mass is 16.5. The Bertz CT molecular complexity index is 691. The van der Waals surface area contributed by atoms with Crippen LogP contribution in [0, 0.1) is 6.92 Å². The summed E-state index contributed by atoms with van der Waals surface area (Å²) in [7, 11) is 1.57. The molecule has 0 radical (unpaired) electrons. The van der Waals surface area contributed by atoms with Crippen molar-refractivity contribution >= 4 is 17.9 Å². The number of benzene rings is 1. The number of methoxy groups -OCH3 is 1. The second-order valence-electron chi connectivity index (χ2n) is 4.61. The first kappa shape index (κ1) is 15.4. The van der Waals surface area contributed by atoms with Crippen LogP contribution < -0.4 is 15.6 Å². The molecule has 0 unspecified atom stereocenters. The van der Waals surface area contributed by atoms with Gasteiger partial charge >= 0.3 is 0 Å². The molecule has 0 atom stereocenters. The fourth-order valence-electron chi connectivity index (χ4n) is 1.85. The summed E-state index contributed by atoms with van der Waals surface area (Å²) >= 11 is 0. The molecule has 114 valence electrons. The average Bonchev–Trinajstić information content (AvgIpc) is 3.05. The molecule has 0 bridgehead atoms. The van der Waals surface area contributed by atoms with Crippen LogP contribution in [0.15, 0.2) is 42.6 Å². The van der Waals surface area contributed by atoms with E-state index in [0.29, 0.717) is 11.4 Å². The molecule has 2 rings (SSSR count). The Kier molecular flexibility index (Phi) is 4.98. The third-order valence-electron chi connectivity index (χ3n) is 2.94. The zero-order valence-electron chi connectivity index (χ0n) is 12.3. The van der Waals surface area contributed by atoms with Crippen LogP contribution >= 0.6 is 0 Å². The van der Waals surface area contributed by atoms with Crippen LogP contribution in [-0.2, 0) is 4.79 Å². The number of carbonyl (C=O) groups excluding carboxylic acids is 2. The van der Waals surface area contributed by atoms with Crippen LogP contribution in [0.5, 0.6) is 5.75 Å². The maximum atomic E-state index is 11.7. The van der Waals surface area contributed by atoms with Crippen molar-refractivity contribution in [1.82, 2.24) is 15.8 Å². The second-order valence-corrected chi connectivity index (χ2v) is 4.61. The summed E-state index contributed by atoms with van der Waals surface area (Å²) in [4.78, 5) is 26.1. The van der Waals surface area contributed by atoms with E-state index in [4.69, 9.17) is 4.74 Å². The van der Waals surface area contributed by atoms with Crippen molar-refractivity contribution in [1.29, 1.82) is 0 Å². The van der Waals surface area contributed by atoms with E-state index < -0.39 is 11.8 Å². The first-order valence-electron chi connectivity index (χ1n) is 6.66. The van der Waals surface area contributed by atoms with Gasteiger partial charge in [0.15, 0.2) is 0 Å². The van der Waals surface area contributed by atoms with Crippen molar-refractivity contribution in [3.63, 3.8) is 0 Å². The topological polar surface area (TPSA) is 83.2 Å². The Morgan fingerprint density at radius 3 is 2.73 bits per heavy atom. The van der Waals surface area contributed by atoms with Crippen molar-refractivity contribution in [2.45, 2.75) is 6.92 Å². The lowest BCUT2D eigenvalue weighted by atomic mass is 10.1. The van der Waals surface area contributed by atoms with Gasteiger partial charge in [-0.25, -0.2) is 0 Å². The molecule has 6 nitrogen and oxygen atoms in total. The SMILES string of the molecule is COc1ccc(C)cc1/C=C/C(=O)NNC(=O)c1ccc[nH]1. The Morgan fingerprint density at radius 1 is 1.23 bits per heavy atom. The molecule has 1 aromatic heterocycles. The molecule has 2 aromatic rings. The number of rotatable bonds is 4. The van der Waals surface area contributed by atoms with Gasteiger partial charge in [0.1, 0.15) is 11.4 Å². The molecule has 22 heavy (non-hydrogen) atoms. The summed E-state index contributed by atoms with van der Waals surface area (Å²) in [6, 6.07) is 8.96.